The average molecular weight is 270 g/mol. The second-order valence-electron chi connectivity index (χ2n) is 6.08. The van der Waals surface area contributed by atoms with Crippen LogP contribution >= 0.6 is 0 Å². The summed E-state index contributed by atoms with van der Waals surface area (Å²) in [7, 11) is 0. The van der Waals surface area contributed by atoms with Gasteiger partial charge in [0.2, 0.25) is 0 Å². The van der Waals surface area contributed by atoms with Crippen LogP contribution in [0.2, 0.25) is 0 Å². The largest absolute Gasteiger partial charge is 0.338 e. The van der Waals surface area contributed by atoms with Gasteiger partial charge in [0.25, 0.3) is 5.91 Å². The molecule has 0 aromatic heterocycles. The average Bonchev–Trinajstić information content (AvgIpc) is 2.91. The van der Waals surface area contributed by atoms with Crippen LogP contribution in [0.5, 0.6) is 0 Å². The molecule has 3 rings (SSSR count). The number of nitrogens with one attached hydrogen (secondary N) is 1. The number of hydrogen-bond acceptors (Lipinski definition) is 2. The number of benzene rings is 1. The number of carbonyl (C=O) groups excluding carboxylic acids is 1. The molecule has 0 bridgehead atoms. The zero-order chi connectivity index (χ0) is 14.0. The molecule has 1 atom stereocenters. The number of carbonyl (C=O) groups is 1. The highest BCUT2D eigenvalue weighted by Gasteiger charge is 2.40. The highest BCUT2D eigenvalue weighted by molar-refractivity contribution is 5.94. The Morgan fingerprint density at radius 2 is 2.10 bits per heavy atom. The standard InChI is InChI=1S/C17H22N2O/c1-2-14-4-6-15(7-5-14)16(20)19-11-9-17(13-19)8-3-10-18-12-17/h2,4-7,18H,1,3,8-13H2/t17-/m1/s1. The fourth-order valence-corrected chi connectivity index (χ4v) is 3.43. The predicted molar refractivity (Wildman–Crippen MR) is 81.6 cm³/mol. The minimum Gasteiger partial charge on any atom is -0.338 e. The van der Waals surface area contributed by atoms with Crippen molar-refractivity contribution in [3.63, 3.8) is 0 Å². The van der Waals surface area contributed by atoms with E-state index >= 15 is 0 Å². The summed E-state index contributed by atoms with van der Waals surface area (Å²) in [5.74, 6) is 0.170. The molecule has 2 aliphatic rings. The molecule has 0 radical (unpaired) electrons. The van der Waals surface area contributed by atoms with Crippen LogP contribution in [0.3, 0.4) is 0 Å². The van der Waals surface area contributed by atoms with Crippen molar-refractivity contribution in [2.24, 2.45) is 5.41 Å². The monoisotopic (exact) mass is 270 g/mol. The molecule has 3 heteroatoms. The van der Waals surface area contributed by atoms with Gasteiger partial charge in [0, 0.05) is 30.6 Å². The lowest BCUT2D eigenvalue weighted by molar-refractivity contribution is 0.0764. The lowest BCUT2D eigenvalue weighted by Crippen LogP contribution is -2.42. The molecule has 0 saturated carbocycles. The van der Waals surface area contributed by atoms with Crippen LogP contribution < -0.4 is 5.32 Å². The highest BCUT2D eigenvalue weighted by Crippen LogP contribution is 2.36. The molecule has 0 aliphatic carbocycles. The molecule has 2 aliphatic heterocycles. The third-order valence-corrected chi connectivity index (χ3v) is 4.68. The Hall–Kier alpha value is -1.61. The molecular formula is C17H22N2O. The molecule has 2 saturated heterocycles. The summed E-state index contributed by atoms with van der Waals surface area (Å²) in [4.78, 5) is 14.6. The summed E-state index contributed by atoms with van der Waals surface area (Å²) >= 11 is 0. The van der Waals surface area contributed by atoms with E-state index in [1.54, 1.807) is 6.08 Å². The molecule has 1 aromatic carbocycles. The van der Waals surface area contributed by atoms with E-state index in [0.717, 1.165) is 43.7 Å². The summed E-state index contributed by atoms with van der Waals surface area (Å²) < 4.78 is 0. The van der Waals surface area contributed by atoms with Crippen LogP contribution in [0.25, 0.3) is 6.08 Å². The summed E-state index contributed by atoms with van der Waals surface area (Å²) in [6, 6.07) is 7.72. The van der Waals surface area contributed by atoms with Crippen molar-refractivity contribution in [2.45, 2.75) is 19.3 Å². The Morgan fingerprint density at radius 3 is 2.75 bits per heavy atom. The van der Waals surface area contributed by atoms with Gasteiger partial charge in [-0.25, -0.2) is 0 Å². The van der Waals surface area contributed by atoms with Crippen molar-refractivity contribution >= 4 is 12.0 Å². The first-order chi connectivity index (χ1) is 9.72. The van der Waals surface area contributed by atoms with E-state index in [4.69, 9.17) is 0 Å². The van der Waals surface area contributed by atoms with Crippen LogP contribution in [0.4, 0.5) is 0 Å². The molecule has 1 N–H and O–H groups in total. The molecular weight excluding hydrogens is 248 g/mol. The third-order valence-electron chi connectivity index (χ3n) is 4.68. The van der Waals surface area contributed by atoms with Gasteiger partial charge in [-0.15, -0.1) is 0 Å². The Kier molecular flexibility index (Phi) is 3.62. The number of hydrogen-bond donors (Lipinski definition) is 1. The van der Waals surface area contributed by atoms with E-state index in [9.17, 15) is 4.79 Å². The van der Waals surface area contributed by atoms with Gasteiger partial charge in [0.1, 0.15) is 0 Å². The van der Waals surface area contributed by atoms with Gasteiger partial charge in [-0.05, 0) is 43.5 Å². The molecule has 1 spiro atoms. The number of amides is 1. The second-order valence-corrected chi connectivity index (χ2v) is 6.08. The topological polar surface area (TPSA) is 32.3 Å². The Bertz CT molecular complexity index is 500. The summed E-state index contributed by atoms with van der Waals surface area (Å²) in [5.41, 5.74) is 2.17. The minimum absolute atomic E-state index is 0.170. The molecule has 2 heterocycles. The number of piperidine rings is 1. The van der Waals surface area contributed by atoms with Crippen LogP contribution in [-0.4, -0.2) is 37.0 Å². The Morgan fingerprint density at radius 1 is 1.30 bits per heavy atom. The van der Waals surface area contributed by atoms with Crippen LogP contribution in [0, 0.1) is 5.41 Å². The fraction of sp³-hybridized carbons (Fsp3) is 0.471. The van der Waals surface area contributed by atoms with Crippen molar-refractivity contribution in [3.05, 3.63) is 42.0 Å². The smallest absolute Gasteiger partial charge is 0.253 e. The van der Waals surface area contributed by atoms with Crippen LogP contribution in [-0.2, 0) is 0 Å². The maximum atomic E-state index is 12.6. The Labute approximate surface area is 120 Å². The van der Waals surface area contributed by atoms with Crippen LogP contribution in [0.1, 0.15) is 35.2 Å². The van der Waals surface area contributed by atoms with Gasteiger partial charge in [0.05, 0.1) is 0 Å². The van der Waals surface area contributed by atoms with Gasteiger partial charge in [-0.2, -0.15) is 0 Å². The number of nitrogens with zero attached hydrogens (tertiary/aromatic N) is 1. The zero-order valence-electron chi connectivity index (χ0n) is 11.9. The second kappa shape index (κ2) is 5.41. The Balaban J connectivity index is 1.70. The zero-order valence-corrected chi connectivity index (χ0v) is 11.9. The molecule has 1 amide bonds. The van der Waals surface area contributed by atoms with E-state index in [1.165, 1.54) is 12.8 Å². The van der Waals surface area contributed by atoms with Crippen LogP contribution in [0.15, 0.2) is 30.8 Å². The quantitative estimate of drug-likeness (QED) is 0.895. The normalized spacial score (nSPS) is 25.9. The van der Waals surface area contributed by atoms with Crippen molar-refractivity contribution < 1.29 is 4.79 Å². The van der Waals surface area contributed by atoms with Gasteiger partial charge < -0.3 is 10.2 Å². The summed E-state index contributed by atoms with van der Waals surface area (Å²) in [6.07, 6.45) is 5.42. The highest BCUT2D eigenvalue weighted by atomic mass is 16.2. The molecule has 20 heavy (non-hydrogen) atoms. The fourth-order valence-electron chi connectivity index (χ4n) is 3.43. The van der Waals surface area contributed by atoms with Crippen molar-refractivity contribution in [1.82, 2.24) is 10.2 Å². The summed E-state index contributed by atoms with van der Waals surface area (Å²) in [5, 5.41) is 3.48. The van der Waals surface area contributed by atoms with E-state index < -0.39 is 0 Å². The first-order valence-corrected chi connectivity index (χ1v) is 7.45. The van der Waals surface area contributed by atoms with E-state index in [-0.39, 0.29) is 5.91 Å². The first-order valence-electron chi connectivity index (χ1n) is 7.45. The van der Waals surface area contributed by atoms with E-state index in [2.05, 4.69) is 11.9 Å². The molecule has 3 nitrogen and oxygen atoms in total. The number of rotatable bonds is 2. The maximum absolute atomic E-state index is 12.6. The molecule has 1 aromatic rings. The van der Waals surface area contributed by atoms with Gasteiger partial charge in [0.15, 0.2) is 0 Å². The van der Waals surface area contributed by atoms with Gasteiger partial charge >= 0.3 is 0 Å². The maximum Gasteiger partial charge on any atom is 0.253 e. The van der Waals surface area contributed by atoms with Gasteiger partial charge in [-0.1, -0.05) is 24.8 Å². The van der Waals surface area contributed by atoms with Crippen molar-refractivity contribution in [1.29, 1.82) is 0 Å². The van der Waals surface area contributed by atoms with Crippen molar-refractivity contribution in [3.8, 4) is 0 Å². The van der Waals surface area contributed by atoms with E-state index in [0.29, 0.717) is 5.41 Å². The lowest BCUT2D eigenvalue weighted by atomic mass is 9.80. The van der Waals surface area contributed by atoms with Crippen molar-refractivity contribution in [2.75, 3.05) is 26.2 Å². The molecule has 0 unspecified atom stereocenters. The third kappa shape index (κ3) is 2.50. The minimum atomic E-state index is 0.170. The van der Waals surface area contributed by atoms with E-state index in [1.807, 2.05) is 29.2 Å². The molecule has 2 fully saturated rings. The first kappa shape index (κ1) is 13.4. The summed E-state index contributed by atoms with van der Waals surface area (Å²) in [6.45, 7) is 7.72. The van der Waals surface area contributed by atoms with Gasteiger partial charge in [-0.3, -0.25) is 4.79 Å². The lowest BCUT2D eigenvalue weighted by Gasteiger charge is -2.33. The number of likely N-dealkylation sites (tertiary alicyclic amines) is 1. The molecule has 106 valence electrons. The predicted octanol–water partition coefficient (Wildman–Crippen LogP) is 2.55. The SMILES string of the molecule is C=Cc1ccc(C(=O)N2CC[C@@]3(CCCNC3)C2)cc1.